The van der Waals surface area contributed by atoms with Crippen LogP contribution in [0.25, 0.3) is 0 Å². The molecule has 0 radical (unpaired) electrons. The lowest BCUT2D eigenvalue weighted by Gasteiger charge is -2.09. The van der Waals surface area contributed by atoms with Crippen LogP contribution in [0.3, 0.4) is 0 Å². The Morgan fingerprint density at radius 2 is 1.88 bits per heavy atom. The summed E-state index contributed by atoms with van der Waals surface area (Å²) in [4.78, 5) is 0. The molecule has 0 bridgehead atoms. The fourth-order valence-corrected chi connectivity index (χ4v) is 1.65. The highest BCUT2D eigenvalue weighted by Crippen LogP contribution is 2.22. The van der Waals surface area contributed by atoms with E-state index in [0.29, 0.717) is 18.0 Å². The molecule has 1 rings (SSSR count). The monoisotopic (exact) mass is 259 g/mol. The highest BCUT2D eigenvalue weighted by atomic mass is 32.2. The Kier molecular flexibility index (Phi) is 4.77. The van der Waals surface area contributed by atoms with Crippen molar-refractivity contribution in [2.24, 2.45) is 5.73 Å². The molecule has 0 saturated heterocycles. The maximum Gasteiger partial charge on any atom is 0.150 e. The van der Waals surface area contributed by atoms with Gasteiger partial charge in [0.2, 0.25) is 0 Å². The van der Waals surface area contributed by atoms with Gasteiger partial charge in [-0.1, -0.05) is 0 Å². The van der Waals surface area contributed by atoms with E-state index in [0.717, 1.165) is 5.56 Å². The molecule has 0 aliphatic heterocycles. The molecule has 0 aliphatic rings. The van der Waals surface area contributed by atoms with E-state index in [-0.39, 0.29) is 12.4 Å². The van der Waals surface area contributed by atoms with Gasteiger partial charge in [-0.2, -0.15) is 0 Å². The molecule has 17 heavy (non-hydrogen) atoms. The molecule has 6 heteroatoms. The summed E-state index contributed by atoms with van der Waals surface area (Å²) >= 11 is 0. The van der Waals surface area contributed by atoms with E-state index >= 15 is 0 Å². The first-order chi connectivity index (χ1) is 7.94. The Morgan fingerprint density at radius 3 is 2.41 bits per heavy atom. The van der Waals surface area contributed by atoms with Gasteiger partial charge < -0.3 is 15.2 Å². The average molecular weight is 259 g/mol. The Morgan fingerprint density at radius 1 is 1.24 bits per heavy atom. The SMILES string of the molecule is COc1cc(CN)cc(OCCS(C)(=O)=O)c1. The normalized spacial score (nSPS) is 11.2. The molecular weight excluding hydrogens is 242 g/mol. The quantitative estimate of drug-likeness (QED) is 0.808. The van der Waals surface area contributed by atoms with Crippen LogP contribution in [-0.2, 0) is 16.4 Å². The number of nitrogens with two attached hydrogens (primary N) is 1. The van der Waals surface area contributed by atoms with Crippen molar-refractivity contribution in [1.82, 2.24) is 0 Å². The Labute approximate surface area is 101 Å². The van der Waals surface area contributed by atoms with Crippen molar-refractivity contribution in [3.05, 3.63) is 23.8 Å². The molecular formula is C11H17NO4S. The summed E-state index contributed by atoms with van der Waals surface area (Å²) in [6.45, 7) is 0.496. The third-order valence-corrected chi connectivity index (χ3v) is 3.04. The van der Waals surface area contributed by atoms with Gasteiger partial charge in [0, 0.05) is 18.9 Å². The predicted molar refractivity (Wildman–Crippen MR) is 66.1 cm³/mol. The smallest absolute Gasteiger partial charge is 0.150 e. The van der Waals surface area contributed by atoms with E-state index in [1.165, 1.54) is 6.26 Å². The Balaban J connectivity index is 2.70. The summed E-state index contributed by atoms with van der Waals surface area (Å²) in [7, 11) is -1.46. The largest absolute Gasteiger partial charge is 0.497 e. The first kappa shape index (κ1) is 13.8. The van der Waals surface area contributed by atoms with Gasteiger partial charge in [0.25, 0.3) is 0 Å². The molecule has 0 heterocycles. The van der Waals surface area contributed by atoms with Crippen LogP contribution in [0.5, 0.6) is 11.5 Å². The lowest BCUT2D eigenvalue weighted by molar-refractivity contribution is 0.336. The van der Waals surface area contributed by atoms with Crippen LogP contribution >= 0.6 is 0 Å². The molecule has 0 fully saturated rings. The molecule has 0 unspecified atom stereocenters. The van der Waals surface area contributed by atoms with Crippen molar-refractivity contribution in [3.8, 4) is 11.5 Å². The fourth-order valence-electron chi connectivity index (χ4n) is 1.26. The van der Waals surface area contributed by atoms with Crippen LogP contribution in [0.2, 0.25) is 0 Å². The number of hydrogen-bond acceptors (Lipinski definition) is 5. The first-order valence-corrected chi connectivity index (χ1v) is 7.19. The second-order valence-electron chi connectivity index (χ2n) is 3.70. The van der Waals surface area contributed by atoms with Crippen LogP contribution in [-0.4, -0.2) is 34.1 Å². The second kappa shape index (κ2) is 5.88. The van der Waals surface area contributed by atoms with E-state index in [2.05, 4.69) is 0 Å². The number of ether oxygens (including phenoxy) is 2. The summed E-state index contributed by atoms with van der Waals surface area (Å²) in [6, 6.07) is 5.27. The van der Waals surface area contributed by atoms with Crippen molar-refractivity contribution in [1.29, 1.82) is 0 Å². The van der Waals surface area contributed by atoms with Crippen LogP contribution < -0.4 is 15.2 Å². The number of benzene rings is 1. The molecule has 0 spiro atoms. The van der Waals surface area contributed by atoms with Gasteiger partial charge in [0.05, 0.1) is 12.9 Å². The summed E-state index contributed by atoms with van der Waals surface area (Å²) in [6.07, 6.45) is 1.17. The number of sulfone groups is 1. The van der Waals surface area contributed by atoms with Gasteiger partial charge in [-0.05, 0) is 17.7 Å². The van der Waals surface area contributed by atoms with Crippen molar-refractivity contribution in [3.63, 3.8) is 0 Å². The molecule has 1 aromatic rings. The molecule has 0 amide bonds. The molecule has 0 aliphatic carbocycles. The fraction of sp³-hybridized carbons (Fsp3) is 0.455. The maximum atomic E-state index is 10.9. The van der Waals surface area contributed by atoms with E-state index in [1.807, 2.05) is 6.07 Å². The molecule has 0 saturated carbocycles. The zero-order chi connectivity index (χ0) is 12.9. The van der Waals surface area contributed by atoms with Crippen molar-refractivity contribution < 1.29 is 17.9 Å². The number of hydrogen-bond donors (Lipinski definition) is 1. The standard InChI is InChI=1S/C11H17NO4S/c1-15-10-5-9(8-12)6-11(7-10)16-3-4-17(2,13)14/h5-7H,3-4,8,12H2,1-2H3. The molecule has 0 atom stereocenters. The van der Waals surface area contributed by atoms with Crippen LogP contribution in [0, 0.1) is 0 Å². The van der Waals surface area contributed by atoms with Crippen molar-refractivity contribution in [2.75, 3.05) is 25.7 Å². The van der Waals surface area contributed by atoms with Gasteiger partial charge in [-0.3, -0.25) is 0 Å². The summed E-state index contributed by atoms with van der Waals surface area (Å²) in [5.41, 5.74) is 6.41. The Hall–Kier alpha value is -1.27. The molecule has 96 valence electrons. The van der Waals surface area contributed by atoms with Gasteiger partial charge in [0.15, 0.2) is 9.84 Å². The highest BCUT2D eigenvalue weighted by Gasteiger charge is 2.05. The zero-order valence-electron chi connectivity index (χ0n) is 9.97. The minimum Gasteiger partial charge on any atom is -0.497 e. The van der Waals surface area contributed by atoms with Crippen LogP contribution in [0.4, 0.5) is 0 Å². The van der Waals surface area contributed by atoms with Crippen LogP contribution in [0.1, 0.15) is 5.56 Å². The first-order valence-electron chi connectivity index (χ1n) is 5.13. The minimum absolute atomic E-state index is 0.0117. The Bertz CT molecular complexity index is 448. The topological polar surface area (TPSA) is 78.6 Å². The zero-order valence-corrected chi connectivity index (χ0v) is 10.8. The maximum absolute atomic E-state index is 10.9. The van der Waals surface area contributed by atoms with Gasteiger partial charge in [-0.15, -0.1) is 0 Å². The average Bonchev–Trinajstić information content (AvgIpc) is 2.26. The van der Waals surface area contributed by atoms with Gasteiger partial charge in [-0.25, -0.2) is 8.42 Å². The van der Waals surface area contributed by atoms with E-state index < -0.39 is 9.84 Å². The lowest BCUT2D eigenvalue weighted by Crippen LogP contribution is -2.12. The van der Waals surface area contributed by atoms with E-state index in [1.54, 1.807) is 19.2 Å². The molecule has 0 aromatic heterocycles. The number of rotatable bonds is 6. The van der Waals surface area contributed by atoms with Crippen LogP contribution in [0.15, 0.2) is 18.2 Å². The summed E-state index contributed by atoms with van der Waals surface area (Å²) in [5.74, 6) is 1.19. The van der Waals surface area contributed by atoms with E-state index in [4.69, 9.17) is 15.2 Å². The predicted octanol–water partition coefficient (Wildman–Crippen LogP) is 0.577. The highest BCUT2D eigenvalue weighted by molar-refractivity contribution is 7.90. The van der Waals surface area contributed by atoms with Crippen molar-refractivity contribution >= 4 is 9.84 Å². The van der Waals surface area contributed by atoms with Gasteiger partial charge >= 0.3 is 0 Å². The molecule has 2 N–H and O–H groups in total. The van der Waals surface area contributed by atoms with Crippen molar-refractivity contribution in [2.45, 2.75) is 6.54 Å². The molecule has 1 aromatic carbocycles. The lowest BCUT2D eigenvalue weighted by atomic mass is 10.2. The minimum atomic E-state index is -3.01. The summed E-state index contributed by atoms with van der Waals surface area (Å²) < 4.78 is 32.3. The molecule has 5 nitrogen and oxygen atoms in total. The van der Waals surface area contributed by atoms with Gasteiger partial charge in [0.1, 0.15) is 18.1 Å². The van der Waals surface area contributed by atoms with E-state index in [9.17, 15) is 8.42 Å². The number of methoxy groups -OCH3 is 1. The third-order valence-electron chi connectivity index (χ3n) is 2.13. The second-order valence-corrected chi connectivity index (χ2v) is 5.96. The summed E-state index contributed by atoms with van der Waals surface area (Å²) in [5, 5.41) is 0. The third kappa shape index (κ3) is 5.06.